The van der Waals surface area contributed by atoms with E-state index in [0.29, 0.717) is 11.3 Å². The van der Waals surface area contributed by atoms with Crippen molar-refractivity contribution in [2.24, 2.45) is 0 Å². The first kappa shape index (κ1) is 10.4. The van der Waals surface area contributed by atoms with Crippen molar-refractivity contribution in [1.29, 1.82) is 0 Å². The lowest BCUT2D eigenvalue weighted by molar-refractivity contribution is -0.386. The lowest BCUT2D eigenvalue weighted by Gasteiger charge is -2.07. The fourth-order valence-corrected chi connectivity index (χ4v) is 1.95. The molecule has 1 fully saturated rings. The van der Waals surface area contributed by atoms with Crippen molar-refractivity contribution in [1.82, 2.24) is 0 Å². The van der Waals surface area contributed by atoms with E-state index in [1.165, 1.54) is 0 Å². The van der Waals surface area contributed by atoms with Crippen LogP contribution in [-0.4, -0.2) is 11.0 Å². The molecule has 2 rings (SSSR count). The number of ether oxygens (including phenoxy) is 1. The number of hydrogen-bond donors (Lipinski definition) is 0. The SMILES string of the molecule is Cc1cc(Br)cc(OC2CC2)c1[N+](=O)[O-]. The number of nitro groups is 1. The van der Waals surface area contributed by atoms with Crippen LogP contribution in [-0.2, 0) is 0 Å². The first-order valence-electron chi connectivity index (χ1n) is 4.69. The molecular weight excluding hydrogens is 262 g/mol. The number of halogens is 1. The third-order valence-corrected chi connectivity index (χ3v) is 2.69. The van der Waals surface area contributed by atoms with Crippen LogP contribution in [0.25, 0.3) is 0 Å². The van der Waals surface area contributed by atoms with Crippen molar-refractivity contribution < 1.29 is 9.66 Å². The number of benzene rings is 1. The molecule has 0 heterocycles. The van der Waals surface area contributed by atoms with E-state index in [1.807, 2.05) is 0 Å². The molecule has 80 valence electrons. The minimum absolute atomic E-state index is 0.0742. The Morgan fingerprint density at radius 1 is 1.53 bits per heavy atom. The first-order chi connectivity index (χ1) is 7.08. The lowest BCUT2D eigenvalue weighted by atomic mass is 10.2. The van der Waals surface area contributed by atoms with Gasteiger partial charge in [-0.25, -0.2) is 0 Å². The molecule has 0 aromatic heterocycles. The minimum Gasteiger partial charge on any atom is -0.483 e. The summed E-state index contributed by atoms with van der Waals surface area (Å²) in [5.74, 6) is 0.370. The molecule has 0 amide bonds. The van der Waals surface area contributed by atoms with Crippen LogP contribution in [0.1, 0.15) is 18.4 Å². The molecule has 1 aliphatic rings. The summed E-state index contributed by atoms with van der Waals surface area (Å²) in [4.78, 5) is 10.5. The maximum Gasteiger partial charge on any atom is 0.313 e. The number of nitrogens with zero attached hydrogens (tertiary/aromatic N) is 1. The van der Waals surface area contributed by atoms with E-state index in [4.69, 9.17) is 4.74 Å². The molecule has 4 nitrogen and oxygen atoms in total. The topological polar surface area (TPSA) is 52.4 Å². The average molecular weight is 272 g/mol. The van der Waals surface area contributed by atoms with Gasteiger partial charge in [-0.1, -0.05) is 15.9 Å². The molecule has 0 atom stereocenters. The Hall–Kier alpha value is -1.10. The molecule has 0 aliphatic heterocycles. The molecule has 0 radical (unpaired) electrons. The predicted molar refractivity (Wildman–Crippen MR) is 59.2 cm³/mol. The second-order valence-electron chi connectivity index (χ2n) is 3.64. The summed E-state index contributed by atoms with van der Waals surface area (Å²) in [5, 5.41) is 10.9. The van der Waals surface area contributed by atoms with Gasteiger partial charge in [0.2, 0.25) is 0 Å². The van der Waals surface area contributed by atoms with Crippen LogP contribution in [0, 0.1) is 17.0 Å². The van der Waals surface area contributed by atoms with Crippen LogP contribution >= 0.6 is 15.9 Å². The van der Waals surface area contributed by atoms with Gasteiger partial charge in [-0.15, -0.1) is 0 Å². The fraction of sp³-hybridized carbons (Fsp3) is 0.400. The predicted octanol–water partition coefficient (Wildman–Crippen LogP) is 3.21. The highest BCUT2D eigenvalue weighted by Crippen LogP contribution is 2.37. The van der Waals surface area contributed by atoms with Crippen molar-refractivity contribution >= 4 is 21.6 Å². The normalized spacial score (nSPS) is 15.1. The highest BCUT2D eigenvalue weighted by molar-refractivity contribution is 9.10. The quantitative estimate of drug-likeness (QED) is 0.627. The summed E-state index contributed by atoms with van der Waals surface area (Å²) in [7, 11) is 0. The highest BCUT2D eigenvalue weighted by atomic mass is 79.9. The van der Waals surface area contributed by atoms with E-state index >= 15 is 0 Å². The van der Waals surface area contributed by atoms with Gasteiger partial charge < -0.3 is 4.74 Å². The standard InChI is InChI=1S/C10H10BrNO3/c1-6-4-7(11)5-9(10(6)12(13)14)15-8-2-3-8/h4-5,8H,2-3H2,1H3. The Bertz CT molecular complexity index is 415. The molecule has 0 bridgehead atoms. The van der Waals surface area contributed by atoms with E-state index in [0.717, 1.165) is 17.3 Å². The molecule has 15 heavy (non-hydrogen) atoms. The number of rotatable bonds is 3. The van der Waals surface area contributed by atoms with E-state index in [2.05, 4.69) is 15.9 Å². The van der Waals surface area contributed by atoms with E-state index in [-0.39, 0.29) is 16.7 Å². The maximum atomic E-state index is 10.9. The summed E-state index contributed by atoms with van der Waals surface area (Å²) in [6.07, 6.45) is 2.14. The molecule has 1 saturated carbocycles. The number of hydrogen-bond acceptors (Lipinski definition) is 3. The molecule has 1 aromatic carbocycles. The van der Waals surface area contributed by atoms with Crippen LogP contribution < -0.4 is 4.74 Å². The van der Waals surface area contributed by atoms with Crippen molar-refractivity contribution in [2.45, 2.75) is 25.9 Å². The second kappa shape index (κ2) is 3.81. The van der Waals surface area contributed by atoms with Crippen LogP contribution in [0.4, 0.5) is 5.69 Å². The van der Waals surface area contributed by atoms with Gasteiger partial charge in [0.25, 0.3) is 0 Å². The fourth-order valence-electron chi connectivity index (χ4n) is 1.39. The van der Waals surface area contributed by atoms with E-state index < -0.39 is 0 Å². The van der Waals surface area contributed by atoms with Gasteiger partial charge in [-0.2, -0.15) is 0 Å². The van der Waals surface area contributed by atoms with Crippen molar-refractivity contribution in [3.63, 3.8) is 0 Å². The zero-order valence-corrected chi connectivity index (χ0v) is 9.78. The molecule has 0 saturated heterocycles. The lowest BCUT2D eigenvalue weighted by Crippen LogP contribution is -2.01. The summed E-state index contributed by atoms with van der Waals surface area (Å²) < 4.78 is 6.31. The Morgan fingerprint density at radius 2 is 2.20 bits per heavy atom. The molecule has 1 aromatic rings. The summed E-state index contributed by atoms with van der Waals surface area (Å²) in [5.41, 5.74) is 0.690. The third kappa shape index (κ3) is 2.28. The summed E-state index contributed by atoms with van der Waals surface area (Å²) >= 11 is 3.30. The number of nitro benzene ring substituents is 1. The second-order valence-corrected chi connectivity index (χ2v) is 4.56. The van der Waals surface area contributed by atoms with Crippen molar-refractivity contribution in [3.8, 4) is 5.75 Å². The van der Waals surface area contributed by atoms with Crippen molar-refractivity contribution in [2.75, 3.05) is 0 Å². The molecule has 5 heteroatoms. The van der Waals surface area contributed by atoms with E-state index in [1.54, 1.807) is 19.1 Å². The summed E-state index contributed by atoms with van der Waals surface area (Å²) in [6, 6.07) is 3.38. The Balaban J connectivity index is 2.42. The Labute approximate surface area is 95.5 Å². The Kier molecular flexibility index (Phi) is 2.65. The average Bonchev–Trinajstić information content (AvgIpc) is 2.85. The number of aryl methyl sites for hydroxylation is 1. The van der Waals surface area contributed by atoms with Gasteiger partial charge in [0, 0.05) is 16.1 Å². The monoisotopic (exact) mass is 271 g/mol. The van der Waals surface area contributed by atoms with Crippen LogP contribution in [0.5, 0.6) is 5.75 Å². The van der Waals surface area contributed by atoms with Crippen LogP contribution in [0.2, 0.25) is 0 Å². The third-order valence-electron chi connectivity index (χ3n) is 2.23. The molecule has 1 aliphatic carbocycles. The van der Waals surface area contributed by atoms with Crippen molar-refractivity contribution in [3.05, 3.63) is 32.3 Å². The van der Waals surface area contributed by atoms with Gasteiger partial charge in [0.1, 0.15) is 0 Å². The maximum absolute atomic E-state index is 10.9. The molecule has 0 spiro atoms. The minimum atomic E-state index is -0.389. The van der Waals surface area contributed by atoms with Crippen LogP contribution in [0.3, 0.4) is 0 Å². The van der Waals surface area contributed by atoms with Gasteiger partial charge in [-0.3, -0.25) is 10.1 Å². The Morgan fingerprint density at radius 3 is 2.73 bits per heavy atom. The largest absolute Gasteiger partial charge is 0.483 e. The zero-order chi connectivity index (χ0) is 11.0. The van der Waals surface area contributed by atoms with Gasteiger partial charge in [0.15, 0.2) is 5.75 Å². The first-order valence-corrected chi connectivity index (χ1v) is 5.48. The van der Waals surface area contributed by atoms with Gasteiger partial charge in [-0.05, 0) is 25.8 Å². The highest BCUT2D eigenvalue weighted by Gasteiger charge is 2.28. The van der Waals surface area contributed by atoms with E-state index in [9.17, 15) is 10.1 Å². The smallest absolute Gasteiger partial charge is 0.313 e. The molecule has 0 unspecified atom stereocenters. The molecule has 0 N–H and O–H groups in total. The van der Waals surface area contributed by atoms with Crippen LogP contribution in [0.15, 0.2) is 16.6 Å². The summed E-state index contributed by atoms with van der Waals surface area (Å²) in [6.45, 7) is 1.71. The molecular formula is C10H10BrNO3. The zero-order valence-electron chi connectivity index (χ0n) is 8.20. The van der Waals surface area contributed by atoms with Gasteiger partial charge in [0.05, 0.1) is 11.0 Å². The van der Waals surface area contributed by atoms with Gasteiger partial charge >= 0.3 is 5.69 Å².